The molecule has 2 aromatic carbocycles. The summed E-state index contributed by atoms with van der Waals surface area (Å²) in [4.78, 5) is 10.2. The van der Waals surface area contributed by atoms with Crippen molar-refractivity contribution in [2.45, 2.75) is 26.2 Å². The second-order valence-corrected chi connectivity index (χ2v) is 6.35. The van der Waals surface area contributed by atoms with Gasteiger partial charge in [-0.2, -0.15) is 5.26 Å². The number of benzene rings is 2. The van der Waals surface area contributed by atoms with E-state index >= 15 is 0 Å². The zero-order valence-corrected chi connectivity index (χ0v) is 13.4. The van der Waals surface area contributed by atoms with E-state index in [-0.39, 0.29) is 11.1 Å². The lowest BCUT2D eigenvalue weighted by molar-refractivity contribution is -0.384. The van der Waals surface area contributed by atoms with Gasteiger partial charge in [0.25, 0.3) is 5.69 Å². The summed E-state index contributed by atoms with van der Waals surface area (Å²) < 4.78 is 0. The van der Waals surface area contributed by atoms with Crippen molar-refractivity contribution in [1.29, 1.82) is 5.26 Å². The number of hydrogen-bond acceptors (Lipinski definition) is 3. The van der Waals surface area contributed by atoms with E-state index in [0.29, 0.717) is 11.1 Å². The molecule has 0 aliphatic rings. The van der Waals surface area contributed by atoms with Crippen molar-refractivity contribution in [3.8, 4) is 6.07 Å². The number of nitriles is 1. The van der Waals surface area contributed by atoms with E-state index in [2.05, 4.69) is 39.0 Å². The van der Waals surface area contributed by atoms with Crippen molar-refractivity contribution >= 4 is 17.3 Å². The normalized spacial score (nSPS) is 11.8. The molecule has 0 atom stereocenters. The minimum atomic E-state index is -0.454. The molecule has 0 N–H and O–H groups in total. The van der Waals surface area contributed by atoms with Crippen LogP contribution in [0, 0.1) is 21.4 Å². The summed E-state index contributed by atoms with van der Waals surface area (Å²) in [7, 11) is 0. The number of nitro benzene ring substituents is 1. The van der Waals surface area contributed by atoms with Crippen LogP contribution < -0.4 is 0 Å². The molecule has 0 amide bonds. The fourth-order valence-electron chi connectivity index (χ4n) is 2.19. The van der Waals surface area contributed by atoms with Gasteiger partial charge in [0.05, 0.1) is 16.6 Å². The first-order chi connectivity index (χ1) is 10.8. The molecule has 0 aliphatic heterocycles. The Morgan fingerprint density at radius 2 is 1.65 bits per heavy atom. The Bertz CT molecular complexity index is 774. The third-order valence-electron chi connectivity index (χ3n) is 3.60. The minimum absolute atomic E-state index is 0.0144. The molecule has 0 heterocycles. The second-order valence-electron chi connectivity index (χ2n) is 6.35. The summed E-state index contributed by atoms with van der Waals surface area (Å²) in [5, 5.41) is 20.0. The lowest BCUT2D eigenvalue weighted by Crippen LogP contribution is -2.10. The lowest BCUT2D eigenvalue weighted by Gasteiger charge is -2.18. The van der Waals surface area contributed by atoms with Gasteiger partial charge in [-0.3, -0.25) is 10.1 Å². The van der Waals surface area contributed by atoms with E-state index in [1.807, 2.05) is 12.1 Å². The van der Waals surface area contributed by atoms with Gasteiger partial charge in [0.15, 0.2) is 0 Å². The maximum Gasteiger partial charge on any atom is 0.269 e. The van der Waals surface area contributed by atoms with Crippen LogP contribution in [0.5, 0.6) is 0 Å². The SMILES string of the molecule is CC(C)(C)c1ccc(/C=C(/C#N)c2ccc([N+](=O)[O-])cc2)cc1. The predicted molar refractivity (Wildman–Crippen MR) is 91.7 cm³/mol. The fourth-order valence-corrected chi connectivity index (χ4v) is 2.19. The van der Waals surface area contributed by atoms with Gasteiger partial charge in [-0.05, 0) is 40.3 Å². The van der Waals surface area contributed by atoms with Crippen LogP contribution in [0.25, 0.3) is 11.6 Å². The molecule has 0 aromatic heterocycles. The maximum absolute atomic E-state index is 10.7. The molecular formula is C19H18N2O2. The molecule has 0 spiro atoms. The highest BCUT2D eigenvalue weighted by Crippen LogP contribution is 2.24. The molecule has 0 saturated carbocycles. The number of hydrogen-bond donors (Lipinski definition) is 0. The maximum atomic E-state index is 10.7. The smallest absolute Gasteiger partial charge is 0.258 e. The van der Waals surface area contributed by atoms with E-state index in [1.54, 1.807) is 18.2 Å². The first kappa shape index (κ1) is 16.4. The summed E-state index contributed by atoms with van der Waals surface area (Å²) >= 11 is 0. The summed E-state index contributed by atoms with van der Waals surface area (Å²) in [5.41, 5.74) is 3.39. The van der Waals surface area contributed by atoms with Crippen molar-refractivity contribution in [2.75, 3.05) is 0 Å². The van der Waals surface area contributed by atoms with Gasteiger partial charge in [-0.1, -0.05) is 45.0 Å². The van der Waals surface area contributed by atoms with Crippen molar-refractivity contribution in [3.05, 3.63) is 75.3 Å². The summed E-state index contributed by atoms with van der Waals surface area (Å²) in [6.07, 6.45) is 1.79. The zero-order chi connectivity index (χ0) is 17.0. The van der Waals surface area contributed by atoms with Crippen LogP contribution >= 0.6 is 0 Å². The molecule has 4 heteroatoms. The molecule has 0 aliphatic carbocycles. The van der Waals surface area contributed by atoms with Gasteiger partial charge < -0.3 is 0 Å². The number of allylic oxidation sites excluding steroid dienone is 1. The fraction of sp³-hybridized carbons (Fsp3) is 0.211. The largest absolute Gasteiger partial charge is 0.269 e. The molecule has 0 radical (unpaired) electrons. The third-order valence-corrected chi connectivity index (χ3v) is 3.60. The number of rotatable bonds is 3. The van der Waals surface area contributed by atoms with Gasteiger partial charge in [-0.25, -0.2) is 0 Å². The van der Waals surface area contributed by atoms with Crippen molar-refractivity contribution in [2.24, 2.45) is 0 Å². The van der Waals surface area contributed by atoms with Gasteiger partial charge in [0.1, 0.15) is 0 Å². The molecule has 116 valence electrons. The quantitative estimate of drug-likeness (QED) is 0.348. The lowest BCUT2D eigenvalue weighted by atomic mass is 9.86. The van der Waals surface area contributed by atoms with E-state index < -0.39 is 4.92 Å². The van der Waals surface area contributed by atoms with E-state index in [0.717, 1.165) is 5.56 Å². The predicted octanol–water partition coefficient (Wildman–Crippen LogP) is 4.96. The Hall–Kier alpha value is -2.93. The molecule has 2 rings (SSSR count). The first-order valence-electron chi connectivity index (χ1n) is 7.28. The van der Waals surface area contributed by atoms with Crippen LogP contribution in [0.1, 0.15) is 37.5 Å². The van der Waals surface area contributed by atoms with Crippen molar-refractivity contribution in [1.82, 2.24) is 0 Å². The van der Waals surface area contributed by atoms with Gasteiger partial charge in [0, 0.05) is 12.1 Å². The van der Waals surface area contributed by atoms with Crippen LogP contribution in [-0.4, -0.2) is 4.92 Å². The van der Waals surface area contributed by atoms with Crippen molar-refractivity contribution in [3.63, 3.8) is 0 Å². The van der Waals surface area contributed by atoms with E-state index in [4.69, 9.17) is 0 Å². The summed E-state index contributed by atoms with van der Waals surface area (Å²) in [6.45, 7) is 6.44. The van der Waals surface area contributed by atoms with E-state index in [1.165, 1.54) is 17.7 Å². The zero-order valence-electron chi connectivity index (χ0n) is 13.4. The highest BCUT2D eigenvalue weighted by atomic mass is 16.6. The Kier molecular flexibility index (Phi) is 4.61. The second kappa shape index (κ2) is 6.45. The van der Waals surface area contributed by atoms with Crippen LogP contribution in [0.2, 0.25) is 0 Å². The van der Waals surface area contributed by atoms with Gasteiger partial charge in [0.2, 0.25) is 0 Å². The van der Waals surface area contributed by atoms with E-state index in [9.17, 15) is 15.4 Å². The molecule has 23 heavy (non-hydrogen) atoms. The molecule has 0 unspecified atom stereocenters. The summed E-state index contributed by atoms with van der Waals surface area (Å²) in [6, 6.07) is 16.2. The van der Waals surface area contributed by atoms with Crippen molar-refractivity contribution < 1.29 is 4.92 Å². The molecule has 0 saturated heterocycles. The summed E-state index contributed by atoms with van der Waals surface area (Å²) in [5.74, 6) is 0. The Balaban J connectivity index is 2.32. The molecule has 0 fully saturated rings. The van der Waals surface area contributed by atoms with Crippen LogP contribution in [0.3, 0.4) is 0 Å². The molecule has 0 bridgehead atoms. The molecular weight excluding hydrogens is 288 g/mol. The van der Waals surface area contributed by atoms with Crippen LogP contribution in [-0.2, 0) is 5.41 Å². The Labute approximate surface area is 135 Å². The molecule has 4 nitrogen and oxygen atoms in total. The number of nitro groups is 1. The highest BCUT2D eigenvalue weighted by molar-refractivity contribution is 5.89. The Morgan fingerprint density at radius 1 is 1.09 bits per heavy atom. The topological polar surface area (TPSA) is 66.9 Å². The number of nitrogens with zero attached hydrogens (tertiary/aromatic N) is 2. The first-order valence-corrected chi connectivity index (χ1v) is 7.28. The standard InChI is InChI=1S/C19H18N2O2/c1-19(2,3)17-8-4-14(5-9-17)12-16(13-20)15-6-10-18(11-7-15)21(22)23/h4-12H,1-3H3/b16-12-. The Morgan fingerprint density at radius 3 is 2.09 bits per heavy atom. The number of non-ortho nitro benzene ring substituents is 1. The average molecular weight is 306 g/mol. The highest BCUT2D eigenvalue weighted by Gasteiger charge is 2.12. The van der Waals surface area contributed by atoms with Crippen LogP contribution in [0.15, 0.2) is 48.5 Å². The minimum Gasteiger partial charge on any atom is -0.258 e. The average Bonchev–Trinajstić information content (AvgIpc) is 2.52. The third kappa shape index (κ3) is 4.04. The monoisotopic (exact) mass is 306 g/mol. The van der Waals surface area contributed by atoms with Crippen LogP contribution in [0.4, 0.5) is 5.69 Å². The van der Waals surface area contributed by atoms with Gasteiger partial charge in [-0.15, -0.1) is 0 Å². The molecule has 2 aromatic rings. The van der Waals surface area contributed by atoms with Gasteiger partial charge >= 0.3 is 0 Å².